The summed E-state index contributed by atoms with van der Waals surface area (Å²) in [7, 11) is 1.66. The minimum absolute atomic E-state index is 0.0666. The zero-order valence-electron chi connectivity index (χ0n) is 11.7. The van der Waals surface area contributed by atoms with E-state index in [1.54, 1.807) is 7.11 Å². The number of hydrogen-bond acceptors (Lipinski definition) is 4. The van der Waals surface area contributed by atoms with Gasteiger partial charge in [0.15, 0.2) is 5.78 Å². The molecule has 0 saturated carbocycles. The molecule has 4 nitrogen and oxygen atoms in total. The molecule has 1 aromatic heterocycles. The lowest BCUT2D eigenvalue weighted by Crippen LogP contribution is -2.35. The van der Waals surface area contributed by atoms with E-state index in [1.165, 1.54) is 12.1 Å². The Morgan fingerprint density at radius 2 is 2.16 bits per heavy atom. The molecule has 1 aromatic rings. The van der Waals surface area contributed by atoms with Crippen LogP contribution in [0.15, 0.2) is 18.3 Å². The van der Waals surface area contributed by atoms with E-state index in [0.717, 1.165) is 12.7 Å². The highest BCUT2D eigenvalue weighted by Crippen LogP contribution is 2.05. The molecule has 0 amide bonds. The average Bonchev–Trinajstić information content (AvgIpc) is 2.39. The molecular formula is C14H21FN2O2. The van der Waals surface area contributed by atoms with E-state index in [2.05, 4.69) is 23.7 Å². The number of methoxy groups -OCH3 is 1. The quantitative estimate of drug-likeness (QED) is 0.678. The van der Waals surface area contributed by atoms with Crippen molar-refractivity contribution in [1.29, 1.82) is 0 Å². The summed E-state index contributed by atoms with van der Waals surface area (Å²) in [5, 5.41) is 0. The van der Waals surface area contributed by atoms with Crippen LogP contribution in [0.3, 0.4) is 0 Å². The van der Waals surface area contributed by atoms with Crippen molar-refractivity contribution in [3.05, 3.63) is 29.8 Å². The predicted molar refractivity (Wildman–Crippen MR) is 71.7 cm³/mol. The highest BCUT2D eigenvalue weighted by molar-refractivity contribution is 5.94. The van der Waals surface area contributed by atoms with E-state index in [0.29, 0.717) is 31.3 Å². The number of ketones is 1. The van der Waals surface area contributed by atoms with Crippen LogP contribution in [-0.4, -0.2) is 48.5 Å². The lowest BCUT2D eigenvalue weighted by Gasteiger charge is -2.25. The molecule has 1 heterocycles. The zero-order chi connectivity index (χ0) is 14.3. The molecule has 0 aliphatic carbocycles. The van der Waals surface area contributed by atoms with Crippen molar-refractivity contribution in [2.45, 2.75) is 26.3 Å². The number of Topliss-reactive ketones (excluding diaryl/α,β-unsaturated/α-hetero) is 1. The van der Waals surface area contributed by atoms with Crippen molar-refractivity contribution >= 4 is 5.78 Å². The van der Waals surface area contributed by atoms with Crippen LogP contribution >= 0.6 is 0 Å². The van der Waals surface area contributed by atoms with Gasteiger partial charge in [-0.05, 0) is 26.0 Å². The summed E-state index contributed by atoms with van der Waals surface area (Å²) in [6.45, 7) is 6.24. The van der Waals surface area contributed by atoms with Gasteiger partial charge in [0.2, 0.25) is 0 Å². The summed E-state index contributed by atoms with van der Waals surface area (Å²) >= 11 is 0. The van der Waals surface area contributed by atoms with E-state index < -0.39 is 5.82 Å². The maximum Gasteiger partial charge on any atom is 0.182 e. The Bertz CT molecular complexity index is 393. The molecule has 0 saturated heterocycles. The van der Waals surface area contributed by atoms with Gasteiger partial charge in [-0.3, -0.25) is 14.7 Å². The van der Waals surface area contributed by atoms with Gasteiger partial charge in [-0.25, -0.2) is 4.39 Å². The van der Waals surface area contributed by atoms with Crippen molar-refractivity contribution in [1.82, 2.24) is 9.88 Å². The maximum absolute atomic E-state index is 12.7. The summed E-state index contributed by atoms with van der Waals surface area (Å²) in [4.78, 5) is 17.9. The molecular weight excluding hydrogens is 247 g/mol. The molecule has 0 atom stereocenters. The molecule has 0 bridgehead atoms. The Hall–Kier alpha value is -1.33. The predicted octanol–water partition coefficient (Wildman–Crippen LogP) is 2.15. The van der Waals surface area contributed by atoms with Gasteiger partial charge in [0.05, 0.1) is 12.8 Å². The van der Waals surface area contributed by atoms with E-state index >= 15 is 0 Å². The third-order valence-corrected chi connectivity index (χ3v) is 2.95. The van der Waals surface area contributed by atoms with Crippen LogP contribution in [0, 0.1) is 5.82 Å². The smallest absolute Gasteiger partial charge is 0.182 e. The molecule has 0 radical (unpaired) electrons. The molecule has 0 unspecified atom stereocenters. The monoisotopic (exact) mass is 268 g/mol. The molecule has 0 spiro atoms. The standard InChI is InChI=1S/C14H21FN2O2/c1-11(2)17(8-9-19-3)7-6-14(18)13-5-4-12(15)10-16-13/h4-5,10-11H,6-9H2,1-3H3. The summed E-state index contributed by atoms with van der Waals surface area (Å²) in [6.07, 6.45) is 1.44. The first-order valence-corrected chi connectivity index (χ1v) is 6.42. The number of carbonyl (C=O) groups excluding carboxylic acids is 1. The summed E-state index contributed by atoms with van der Waals surface area (Å²) in [6, 6.07) is 3.03. The highest BCUT2D eigenvalue weighted by Gasteiger charge is 2.13. The maximum atomic E-state index is 12.7. The van der Waals surface area contributed by atoms with Crippen LogP contribution < -0.4 is 0 Å². The van der Waals surface area contributed by atoms with Crippen LogP contribution in [0.1, 0.15) is 30.8 Å². The second-order valence-electron chi connectivity index (χ2n) is 4.66. The number of rotatable bonds is 8. The van der Waals surface area contributed by atoms with Crippen LogP contribution in [-0.2, 0) is 4.74 Å². The molecule has 19 heavy (non-hydrogen) atoms. The van der Waals surface area contributed by atoms with Crippen molar-refractivity contribution in [2.75, 3.05) is 26.8 Å². The number of ether oxygens (including phenoxy) is 1. The Labute approximate surface area is 113 Å². The average molecular weight is 268 g/mol. The lowest BCUT2D eigenvalue weighted by atomic mass is 10.1. The Morgan fingerprint density at radius 1 is 1.42 bits per heavy atom. The van der Waals surface area contributed by atoms with Crippen molar-refractivity contribution in [3.63, 3.8) is 0 Å². The van der Waals surface area contributed by atoms with Crippen LogP contribution in [0.25, 0.3) is 0 Å². The Balaban J connectivity index is 2.49. The molecule has 0 aliphatic rings. The lowest BCUT2D eigenvalue weighted by molar-refractivity contribution is 0.0923. The van der Waals surface area contributed by atoms with Crippen molar-refractivity contribution in [2.24, 2.45) is 0 Å². The van der Waals surface area contributed by atoms with E-state index in [1.807, 2.05) is 0 Å². The SMILES string of the molecule is COCCN(CCC(=O)c1ccc(F)cn1)C(C)C. The third kappa shape index (κ3) is 5.44. The normalized spacial score (nSPS) is 11.3. The summed E-state index contributed by atoms with van der Waals surface area (Å²) < 4.78 is 17.8. The van der Waals surface area contributed by atoms with Gasteiger partial charge in [0.1, 0.15) is 11.5 Å². The summed E-state index contributed by atoms with van der Waals surface area (Å²) in [5.74, 6) is -0.497. The number of pyridine rings is 1. The van der Waals surface area contributed by atoms with Gasteiger partial charge in [-0.2, -0.15) is 0 Å². The summed E-state index contributed by atoms with van der Waals surface area (Å²) in [5.41, 5.74) is 0.317. The third-order valence-electron chi connectivity index (χ3n) is 2.95. The second kappa shape index (κ2) is 7.96. The molecule has 5 heteroatoms. The van der Waals surface area contributed by atoms with Crippen LogP contribution in [0.5, 0.6) is 0 Å². The fourth-order valence-corrected chi connectivity index (χ4v) is 1.75. The van der Waals surface area contributed by atoms with Gasteiger partial charge in [-0.15, -0.1) is 0 Å². The number of hydrogen-bond donors (Lipinski definition) is 0. The molecule has 0 aromatic carbocycles. The first-order valence-electron chi connectivity index (χ1n) is 6.42. The number of nitrogens with zero attached hydrogens (tertiary/aromatic N) is 2. The van der Waals surface area contributed by atoms with Crippen LogP contribution in [0.4, 0.5) is 4.39 Å². The van der Waals surface area contributed by atoms with Gasteiger partial charge < -0.3 is 4.74 Å². The molecule has 1 rings (SSSR count). The first-order chi connectivity index (χ1) is 9.04. The fraction of sp³-hybridized carbons (Fsp3) is 0.571. The Morgan fingerprint density at radius 3 is 2.68 bits per heavy atom. The van der Waals surface area contributed by atoms with Gasteiger partial charge >= 0.3 is 0 Å². The topological polar surface area (TPSA) is 42.4 Å². The minimum Gasteiger partial charge on any atom is -0.383 e. The minimum atomic E-state index is -0.430. The van der Waals surface area contributed by atoms with Gasteiger partial charge in [-0.1, -0.05) is 0 Å². The zero-order valence-corrected chi connectivity index (χ0v) is 11.7. The molecule has 0 N–H and O–H groups in total. The largest absolute Gasteiger partial charge is 0.383 e. The molecule has 0 fully saturated rings. The number of halogens is 1. The molecule has 106 valence electrons. The number of carbonyl (C=O) groups is 1. The Kier molecular flexibility index (Phi) is 6.59. The second-order valence-corrected chi connectivity index (χ2v) is 4.66. The van der Waals surface area contributed by atoms with Gasteiger partial charge in [0, 0.05) is 32.7 Å². The first kappa shape index (κ1) is 15.7. The van der Waals surface area contributed by atoms with E-state index in [9.17, 15) is 9.18 Å². The van der Waals surface area contributed by atoms with E-state index in [-0.39, 0.29) is 5.78 Å². The molecule has 0 aliphatic heterocycles. The van der Waals surface area contributed by atoms with Crippen molar-refractivity contribution in [3.8, 4) is 0 Å². The number of aromatic nitrogens is 1. The fourth-order valence-electron chi connectivity index (χ4n) is 1.75. The highest BCUT2D eigenvalue weighted by atomic mass is 19.1. The van der Waals surface area contributed by atoms with E-state index in [4.69, 9.17) is 4.74 Å². The van der Waals surface area contributed by atoms with Crippen LogP contribution in [0.2, 0.25) is 0 Å². The van der Waals surface area contributed by atoms with Crippen molar-refractivity contribution < 1.29 is 13.9 Å². The van der Waals surface area contributed by atoms with Gasteiger partial charge in [0.25, 0.3) is 0 Å².